The molecule has 3 aromatic rings. The number of carbonyl (C=O) groups is 1. The lowest BCUT2D eigenvalue weighted by molar-refractivity contribution is -0.136. The van der Waals surface area contributed by atoms with Crippen LogP contribution >= 0.6 is 0 Å². The van der Waals surface area contributed by atoms with Crippen molar-refractivity contribution in [2.24, 2.45) is 0 Å². The van der Waals surface area contributed by atoms with E-state index in [2.05, 4.69) is 24.0 Å². The molecule has 2 aromatic carbocycles. The Labute approximate surface area is 152 Å². The van der Waals surface area contributed by atoms with E-state index in [1.165, 1.54) is 5.56 Å². The summed E-state index contributed by atoms with van der Waals surface area (Å²) >= 11 is 0. The Kier molecular flexibility index (Phi) is 5.16. The maximum atomic E-state index is 11.5. The molecule has 0 aliphatic heterocycles. The standard InChI is InChI=1S/C21H23NO4/c1-4-13-6-8-17-15(10-13)16(12-20(23)24)21(22-17)14-7-9-18(26-5-2)19(11-14)25-3/h6-11,22H,4-5,12H2,1-3H3,(H,23,24). The average molecular weight is 353 g/mol. The second kappa shape index (κ2) is 7.52. The number of aromatic nitrogens is 1. The number of rotatable bonds is 7. The number of methoxy groups -OCH3 is 1. The van der Waals surface area contributed by atoms with Gasteiger partial charge >= 0.3 is 5.97 Å². The third-order valence-electron chi connectivity index (χ3n) is 4.46. The minimum Gasteiger partial charge on any atom is -0.493 e. The van der Waals surface area contributed by atoms with Crippen LogP contribution in [0.1, 0.15) is 25.0 Å². The number of carboxylic acid groups (broad SMARTS) is 1. The lowest BCUT2D eigenvalue weighted by Gasteiger charge is -2.11. The predicted octanol–water partition coefficient (Wildman–Crippen LogP) is 4.43. The number of aromatic amines is 1. The van der Waals surface area contributed by atoms with Gasteiger partial charge in [0.1, 0.15) is 0 Å². The van der Waals surface area contributed by atoms with E-state index < -0.39 is 5.97 Å². The van der Waals surface area contributed by atoms with E-state index in [1.54, 1.807) is 7.11 Å². The van der Waals surface area contributed by atoms with Gasteiger partial charge in [0, 0.05) is 16.5 Å². The van der Waals surface area contributed by atoms with Crippen molar-refractivity contribution < 1.29 is 19.4 Å². The first-order valence-electron chi connectivity index (χ1n) is 8.73. The van der Waals surface area contributed by atoms with Gasteiger partial charge in [0.15, 0.2) is 11.5 Å². The molecule has 0 spiro atoms. The van der Waals surface area contributed by atoms with Gasteiger partial charge < -0.3 is 19.6 Å². The predicted molar refractivity (Wildman–Crippen MR) is 102 cm³/mol. The van der Waals surface area contributed by atoms with E-state index in [0.717, 1.165) is 34.1 Å². The van der Waals surface area contributed by atoms with Crippen molar-refractivity contribution in [1.82, 2.24) is 4.98 Å². The second-order valence-electron chi connectivity index (χ2n) is 6.08. The SMILES string of the molecule is CCOc1ccc(-c2[nH]c3ccc(CC)cc3c2CC(=O)O)cc1OC. The summed E-state index contributed by atoms with van der Waals surface area (Å²) in [4.78, 5) is 14.8. The number of aliphatic carboxylic acids is 1. The van der Waals surface area contributed by atoms with Gasteiger partial charge in [-0.2, -0.15) is 0 Å². The smallest absolute Gasteiger partial charge is 0.307 e. The zero-order chi connectivity index (χ0) is 18.7. The van der Waals surface area contributed by atoms with E-state index in [4.69, 9.17) is 9.47 Å². The van der Waals surface area contributed by atoms with Gasteiger partial charge in [-0.05, 0) is 54.8 Å². The van der Waals surface area contributed by atoms with Crippen molar-refractivity contribution in [2.75, 3.05) is 13.7 Å². The van der Waals surface area contributed by atoms with Gasteiger partial charge in [-0.1, -0.05) is 13.0 Å². The molecular weight excluding hydrogens is 330 g/mol. The zero-order valence-corrected chi connectivity index (χ0v) is 15.3. The summed E-state index contributed by atoms with van der Waals surface area (Å²) in [5.41, 5.74) is 4.57. The summed E-state index contributed by atoms with van der Waals surface area (Å²) in [7, 11) is 1.60. The number of ether oxygens (including phenoxy) is 2. The highest BCUT2D eigenvalue weighted by atomic mass is 16.5. The van der Waals surface area contributed by atoms with Crippen LogP contribution < -0.4 is 9.47 Å². The fourth-order valence-electron chi connectivity index (χ4n) is 3.19. The summed E-state index contributed by atoms with van der Waals surface area (Å²) < 4.78 is 11.0. The molecule has 5 nitrogen and oxygen atoms in total. The van der Waals surface area contributed by atoms with Crippen molar-refractivity contribution >= 4 is 16.9 Å². The van der Waals surface area contributed by atoms with Gasteiger partial charge in [0.25, 0.3) is 0 Å². The molecule has 0 aliphatic rings. The number of nitrogens with one attached hydrogen (secondary N) is 1. The normalized spacial score (nSPS) is 10.9. The van der Waals surface area contributed by atoms with Crippen molar-refractivity contribution in [3.05, 3.63) is 47.5 Å². The first-order valence-corrected chi connectivity index (χ1v) is 8.73. The average Bonchev–Trinajstić information content (AvgIpc) is 2.99. The van der Waals surface area contributed by atoms with Gasteiger partial charge in [0.05, 0.1) is 25.8 Å². The molecule has 0 bridgehead atoms. The van der Waals surface area contributed by atoms with Crippen LogP contribution in [0.15, 0.2) is 36.4 Å². The van der Waals surface area contributed by atoms with Crippen molar-refractivity contribution in [3.8, 4) is 22.8 Å². The van der Waals surface area contributed by atoms with Crippen molar-refractivity contribution in [2.45, 2.75) is 26.7 Å². The Morgan fingerprint density at radius 3 is 2.58 bits per heavy atom. The van der Waals surface area contributed by atoms with Gasteiger partial charge in [-0.25, -0.2) is 0 Å². The van der Waals surface area contributed by atoms with Crippen LogP contribution in [0.25, 0.3) is 22.2 Å². The topological polar surface area (TPSA) is 71.6 Å². The minimum atomic E-state index is -0.855. The van der Waals surface area contributed by atoms with Crippen LogP contribution in [-0.2, 0) is 17.6 Å². The van der Waals surface area contributed by atoms with Gasteiger partial charge in [-0.15, -0.1) is 0 Å². The summed E-state index contributed by atoms with van der Waals surface area (Å²) in [5.74, 6) is 0.438. The van der Waals surface area contributed by atoms with E-state index in [0.29, 0.717) is 18.1 Å². The Morgan fingerprint density at radius 1 is 1.12 bits per heavy atom. The lowest BCUT2D eigenvalue weighted by Crippen LogP contribution is -2.01. The molecule has 136 valence electrons. The number of hydrogen-bond donors (Lipinski definition) is 2. The summed E-state index contributed by atoms with van der Waals surface area (Å²) in [6.07, 6.45) is 0.859. The molecule has 0 saturated carbocycles. The van der Waals surface area contributed by atoms with Crippen LogP contribution in [0.5, 0.6) is 11.5 Å². The molecule has 0 fully saturated rings. The van der Waals surface area contributed by atoms with Crippen LogP contribution in [0.2, 0.25) is 0 Å². The van der Waals surface area contributed by atoms with Crippen molar-refractivity contribution in [3.63, 3.8) is 0 Å². The first-order chi connectivity index (χ1) is 12.6. The Morgan fingerprint density at radius 2 is 1.92 bits per heavy atom. The molecule has 0 radical (unpaired) electrons. The number of aryl methyl sites for hydroxylation is 1. The Balaban J connectivity index is 2.18. The second-order valence-corrected chi connectivity index (χ2v) is 6.08. The molecule has 0 atom stereocenters. The van der Waals surface area contributed by atoms with E-state index in [9.17, 15) is 9.90 Å². The Hall–Kier alpha value is -2.95. The molecular formula is C21H23NO4. The van der Waals surface area contributed by atoms with E-state index in [1.807, 2.05) is 31.2 Å². The number of carboxylic acids is 1. The quantitative estimate of drug-likeness (QED) is 0.659. The molecule has 3 rings (SSSR count). The maximum Gasteiger partial charge on any atom is 0.307 e. The molecule has 1 heterocycles. The summed E-state index contributed by atoms with van der Waals surface area (Å²) in [5, 5.41) is 10.4. The van der Waals surface area contributed by atoms with Gasteiger partial charge in [-0.3, -0.25) is 4.79 Å². The Bertz CT molecular complexity index is 943. The van der Waals surface area contributed by atoms with Crippen LogP contribution in [0.3, 0.4) is 0 Å². The first kappa shape index (κ1) is 17.9. The molecule has 0 amide bonds. The fraction of sp³-hybridized carbons (Fsp3) is 0.286. The summed E-state index contributed by atoms with van der Waals surface area (Å²) in [6, 6.07) is 11.8. The minimum absolute atomic E-state index is 0.0436. The molecule has 2 N–H and O–H groups in total. The highest BCUT2D eigenvalue weighted by Gasteiger charge is 2.17. The van der Waals surface area contributed by atoms with Crippen LogP contribution in [-0.4, -0.2) is 29.8 Å². The lowest BCUT2D eigenvalue weighted by atomic mass is 10.0. The largest absolute Gasteiger partial charge is 0.493 e. The number of benzene rings is 2. The summed E-state index contributed by atoms with van der Waals surface area (Å²) in [6.45, 7) is 4.55. The molecule has 0 saturated heterocycles. The van der Waals surface area contributed by atoms with Crippen LogP contribution in [0.4, 0.5) is 0 Å². The van der Waals surface area contributed by atoms with E-state index in [-0.39, 0.29) is 6.42 Å². The third kappa shape index (κ3) is 3.38. The zero-order valence-electron chi connectivity index (χ0n) is 15.3. The highest BCUT2D eigenvalue weighted by molar-refractivity contribution is 5.94. The number of hydrogen-bond acceptors (Lipinski definition) is 3. The molecule has 1 aromatic heterocycles. The monoisotopic (exact) mass is 353 g/mol. The fourth-order valence-corrected chi connectivity index (χ4v) is 3.19. The van der Waals surface area contributed by atoms with Gasteiger partial charge in [0.2, 0.25) is 0 Å². The maximum absolute atomic E-state index is 11.5. The molecule has 0 unspecified atom stereocenters. The van der Waals surface area contributed by atoms with E-state index >= 15 is 0 Å². The third-order valence-corrected chi connectivity index (χ3v) is 4.46. The highest BCUT2D eigenvalue weighted by Crippen LogP contribution is 2.36. The number of fused-ring (bicyclic) bond motifs is 1. The van der Waals surface area contributed by atoms with Crippen LogP contribution in [0, 0.1) is 0 Å². The van der Waals surface area contributed by atoms with Crippen molar-refractivity contribution in [1.29, 1.82) is 0 Å². The molecule has 26 heavy (non-hydrogen) atoms. The number of H-pyrrole nitrogens is 1. The molecule has 5 heteroatoms. The molecule has 0 aliphatic carbocycles.